The number of aromatic nitrogens is 3. The van der Waals surface area contributed by atoms with Crippen LogP contribution in [0.3, 0.4) is 0 Å². The molecule has 2 aromatic heterocycles. The van der Waals surface area contributed by atoms with E-state index in [4.69, 9.17) is 0 Å². The lowest BCUT2D eigenvalue weighted by atomic mass is 10.1. The molecule has 0 aliphatic heterocycles. The topological polar surface area (TPSA) is 59.8 Å². The molecule has 0 saturated heterocycles. The number of carbonyl (C=O) groups is 1. The Hall–Kier alpha value is -2.47. The summed E-state index contributed by atoms with van der Waals surface area (Å²) in [5.74, 6) is -0.0630. The average molecular weight is 340 g/mol. The maximum Gasteiger partial charge on any atom is 0.251 e. The summed E-state index contributed by atoms with van der Waals surface area (Å²) in [4.78, 5) is 17.6. The first kappa shape index (κ1) is 16.4. The molecule has 3 aromatic rings. The lowest BCUT2D eigenvalue weighted by Crippen LogP contribution is -2.33. The number of rotatable bonds is 5. The fourth-order valence-electron chi connectivity index (χ4n) is 2.65. The van der Waals surface area contributed by atoms with Crippen molar-refractivity contribution in [2.75, 3.05) is 0 Å². The molecule has 0 unspecified atom stereocenters. The third kappa shape index (κ3) is 3.71. The van der Waals surface area contributed by atoms with Gasteiger partial charge in [0, 0.05) is 34.8 Å². The van der Waals surface area contributed by atoms with Crippen LogP contribution in [0.4, 0.5) is 0 Å². The summed E-state index contributed by atoms with van der Waals surface area (Å²) in [5, 5.41) is 7.48. The predicted molar refractivity (Wildman–Crippen MR) is 95.8 cm³/mol. The van der Waals surface area contributed by atoms with Gasteiger partial charge < -0.3 is 5.32 Å². The molecular weight excluding hydrogens is 320 g/mol. The number of hydrogen-bond acceptors (Lipinski definition) is 4. The van der Waals surface area contributed by atoms with Gasteiger partial charge in [-0.3, -0.25) is 9.78 Å². The molecule has 1 N–H and O–H groups in total. The van der Waals surface area contributed by atoms with E-state index >= 15 is 0 Å². The van der Waals surface area contributed by atoms with Crippen molar-refractivity contribution >= 4 is 17.2 Å². The molecule has 124 valence electrons. The van der Waals surface area contributed by atoms with Crippen LogP contribution in [0, 0.1) is 13.8 Å². The zero-order valence-corrected chi connectivity index (χ0v) is 14.8. The molecule has 0 fully saturated rings. The fourth-order valence-corrected chi connectivity index (χ4v) is 3.37. The van der Waals surface area contributed by atoms with Crippen molar-refractivity contribution in [1.29, 1.82) is 0 Å². The number of aryl methyl sites for hydroxylation is 2. The highest BCUT2D eigenvalue weighted by atomic mass is 32.1. The SMILES string of the molecule is Cc1cc(C)n(-c2ccc(C(=O)N[C@@H](C)Cc3cncs3)cc2)n1. The monoisotopic (exact) mass is 340 g/mol. The Labute approximate surface area is 145 Å². The van der Waals surface area contributed by atoms with E-state index in [-0.39, 0.29) is 11.9 Å². The van der Waals surface area contributed by atoms with E-state index < -0.39 is 0 Å². The van der Waals surface area contributed by atoms with Gasteiger partial charge in [-0.1, -0.05) is 0 Å². The summed E-state index contributed by atoms with van der Waals surface area (Å²) in [6.45, 7) is 5.99. The number of benzene rings is 1. The third-order valence-electron chi connectivity index (χ3n) is 3.75. The Morgan fingerprint density at radius 2 is 2.04 bits per heavy atom. The summed E-state index contributed by atoms with van der Waals surface area (Å²) in [5.41, 5.74) is 5.46. The maximum atomic E-state index is 12.4. The molecule has 0 bridgehead atoms. The van der Waals surface area contributed by atoms with E-state index in [9.17, 15) is 4.79 Å². The number of nitrogens with zero attached hydrogens (tertiary/aromatic N) is 3. The van der Waals surface area contributed by atoms with Crippen LogP contribution in [0.2, 0.25) is 0 Å². The van der Waals surface area contributed by atoms with Gasteiger partial charge in [-0.25, -0.2) is 4.68 Å². The first-order valence-corrected chi connectivity index (χ1v) is 8.73. The van der Waals surface area contributed by atoms with E-state index in [1.165, 1.54) is 4.88 Å². The number of thiazole rings is 1. The van der Waals surface area contributed by atoms with E-state index in [2.05, 4.69) is 15.4 Å². The van der Waals surface area contributed by atoms with Crippen LogP contribution in [0.15, 0.2) is 42.0 Å². The summed E-state index contributed by atoms with van der Waals surface area (Å²) < 4.78 is 1.88. The van der Waals surface area contributed by atoms with Gasteiger partial charge in [0.05, 0.1) is 16.9 Å². The minimum atomic E-state index is -0.0630. The van der Waals surface area contributed by atoms with Crippen LogP contribution in [-0.2, 0) is 6.42 Å². The Morgan fingerprint density at radius 3 is 2.62 bits per heavy atom. The van der Waals surface area contributed by atoms with Crippen molar-refractivity contribution in [1.82, 2.24) is 20.1 Å². The van der Waals surface area contributed by atoms with E-state index in [0.717, 1.165) is 23.5 Å². The Morgan fingerprint density at radius 1 is 1.29 bits per heavy atom. The highest BCUT2D eigenvalue weighted by Crippen LogP contribution is 2.14. The van der Waals surface area contributed by atoms with Crippen LogP contribution in [0.1, 0.15) is 33.5 Å². The number of hydrogen-bond donors (Lipinski definition) is 1. The quantitative estimate of drug-likeness (QED) is 0.775. The molecule has 6 heteroatoms. The van der Waals surface area contributed by atoms with Crippen molar-refractivity contribution < 1.29 is 4.79 Å². The molecule has 0 spiro atoms. The minimum Gasteiger partial charge on any atom is -0.349 e. The highest BCUT2D eigenvalue weighted by molar-refractivity contribution is 7.09. The van der Waals surface area contributed by atoms with Crippen molar-refractivity contribution in [2.45, 2.75) is 33.2 Å². The standard InChI is InChI=1S/C18H20N4OS/c1-12(9-17-10-19-11-24-17)20-18(23)15-4-6-16(7-5-15)22-14(3)8-13(2)21-22/h4-8,10-12H,9H2,1-3H3,(H,20,23)/t12-/m0/s1. The lowest BCUT2D eigenvalue weighted by molar-refractivity contribution is 0.0940. The van der Waals surface area contributed by atoms with Gasteiger partial charge in [0.1, 0.15) is 0 Å². The van der Waals surface area contributed by atoms with Crippen LogP contribution < -0.4 is 5.32 Å². The number of nitrogens with one attached hydrogen (secondary N) is 1. The van der Waals surface area contributed by atoms with Crippen molar-refractivity contribution in [3.05, 3.63) is 63.9 Å². The van der Waals surface area contributed by atoms with E-state index in [1.807, 2.05) is 67.5 Å². The van der Waals surface area contributed by atoms with Crippen LogP contribution >= 0.6 is 11.3 Å². The van der Waals surface area contributed by atoms with Crippen LogP contribution in [-0.4, -0.2) is 26.7 Å². The van der Waals surface area contributed by atoms with E-state index in [1.54, 1.807) is 11.3 Å². The molecule has 0 radical (unpaired) electrons. The van der Waals surface area contributed by atoms with Gasteiger partial charge in [-0.2, -0.15) is 5.10 Å². The second-order valence-electron chi connectivity index (χ2n) is 5.93. The minimum absolute atomic E-state index is 0.0630. The molecule has 0 aliphatic carbocycles. The van der Waals surface area contributed by atoms with E-state index in [0.29, 0.717) is 5.56 Å². The molecule has 0 saturated carbocycles. The molecule has 1 aromatic carbocycles. The van der Waals surface area contributed by atoms with Crippen molar-refractivity contribution in [3.8, 4) is 5.69 Å². The smallest absolute Gasteiger partial charge is 0.251 e. The first-order valence-electron chi connectivity index (χ1n) is 7.85. The second kappa shape index (κ2) is 6.97. The van der Waals surface area contributed by atoms with Gasteiger partial charge in [-0.05, 0) is 51.1 Å². The number of amides is 1. The molecule has 2 heterocycles. The highest BCUT2D eigenvalue weighted by Gasteiger charge is 2.12. The van der Waals surface area contributed by atoms with Gasteiger partial charge in [0.15, 0.2) is 0 Å². The average Bonchev–Trinajstić information content (AvgIpc) is 3.16. The summed E-state index contributed by atoms with van der Waals surface area (Å²) in [6, 6.07) is 9.60. The van der Waals surface area contributed by atoms with Crippen molar-refractivity contribution in [2.24, 2.45) is 0 Å². The normalized spacial score (nSPS) is 12.1. The summed E-state index contributed by atoms with van der Waals surface area (Å²) >= 11 is 1.60. The van der Waals surface area contributed by atoms with Crippen molar-refractivity contribution in [3.63, 3.8) is 0 Å². The maximum absolute atomic E-state index is 12.4. The zero-order chi connectivity index (χ0) is 17.1. The largest absolute Gasteiger partial charge is 0.349 e. The molecule has 3 rings (SSSR count). The van der Waals surface area contributed by atoms with Gasteiger partial charge >= 0.3 is 0 Å². The van der Waals surface area contributed by atoms with Gasteiger partial charge in [-0.15, -0.1) is 11.3 Å². The first-order chi connectivity index (χ1) is 11.5. The molecule has 24 heavy (non-hydrogen) atoms. The molecular formula is C18H20N4OS. The van der Waals surface area contributed by atoms with Crippen LogP contribution in [0.5, 0.6) is 0 Å². The Kier molecular flexibility index (Phi) is 4.76. The van der Waals surface area contributed by atoms with Gasteiger partial charge in [0.2, 0.25) is 0 Å². The molecule has 0 aliphatic rings. The second-order valence-corrected chi connectivity index (χ2v) is 6.90. The number of carbonyl (C=O) groups excluding carboxylic acids is 1. The Bertz CT molecular complexity index is 821. The van der Waals surface area contributed by atoms with Crippen LogP contribution in [0.25, 0.3) is 5.69 Å². The predicted octanol–water partition coefficient (Wildman–Crippen LogP) is 3.31. The Balaban J connectivity index is 1.66. The lowest BCUT2D eigenvalue weighted by Gasteiger charge is -2.13. The molecule has 1 amide bonds. The fraction of sp³-hybridized carbons (Fsp3) is 0.278. The summed E-state index contributed by atoms with van der Waals surface area (Å²) in [7, 11) is 0. The molecule has 1 atom stereocenters. The zero-order valence-electron chi connectivity index (χ0n) is 14.0. The molecule has 5 nitrogen and oxygen atoms in total. The third-order valence-corrected chi connectivity index (χ3v) is 4.55. The summed E-state index contributed by atoms with van der Waals surface area (Å²) in [6.07, 6.45) is 2.64. The van der Waals surface area contributed by atoms with Gasteiger partial charge in [0.25, 0.3) is 5.91 Å².